The summed E-state index contributed by atoms with van der Waals surface area (Å²) in [4.78, 5) is 0. The van der Waals surface area contributed by atoms with Gasteiger partial charge in [0.2, 0.25) is 0 Å². The number of benzene rings is 10. The SMILES string of the molecule is Oc1c2cccc1Cc1cccc(c1O)Cc1cccc(c1O)Cc1cccc(c1O)Cc1cccc(c1O)Cc1cccc(c1O)Cc1cccc(c1O)Cc1cccc(c1O)Cc1cccc(c1O)Cc1cccc(c1O)C2. The smallest absolute Gasteiger partial charge is 0.122 e. The Bertz CT molecular complexity index is 2930. The molecule has 0 spiro atoms. The van der Waals surface area contributed by atoms with E-state index in [2.05, 4.69) is 0 Å². The van der Waals surface area contributed by atoms with Gasteiger partial charge in [0, 0.05) is 64.2 Å². The van der Waals surface area contributed by atoms with Gasteiger partial charge in [-0.25, -0.2) is 0 Å². The summed E-state index contributed by atoms with van der Waals surface area (Å²) >= 11 is 0. The van der Waals surface area contributed by atoms with Crippen LogP contribution in [0, 0.1) is 0 Å². The van der Waals surface area contributed by atoms with E-state index in [-0.39, 0.29) is 122 Å². The molecule has 10 N–H and O–H groups in total. The van der Waals surface area contributed by atoms with Crippen LogP contribution >= 0.6 is 0 Å². The van der Waals surface area contributed by atoms with Crippen molar-refractivity contribution in [3.8, 4) is 57.5 Å². The van der Waals surface area contributed by atoms with Crippen LogP contribution in [0.25, 0.3) is 0 Å². The molecule has 0 aliphatic heterocycles. The Morgan fingerprint density at radius 2 is 0.188 bits per heavy atom. The third kappa shape index (κ3) is 10.6. The first-order chi connectivity index (χ1) is 38.8. The zero-order valence-electron chi connectivity index (χ0n) is 43.9. The minimum atomic E-state index is 0.0322. The molecule has 0 heterocycles. The van der Waals surface area contributed by atoms with E-state index in [1.54, 1.807) is 121 Å². The van der Waals surface area contributed by atoms with E-state index in [0.29, 0.717) is 111 Å². The minimum absolute atomic E-state index is 0.0322. The van der Waals surface area contributed by atoms with Crippen LogP contribution in [-0.2, 0) is 64.2 Å². The third-order valence-corrected chi connectivity index (χ3v) is 15.8. The first-order valence-corrected chi connectivity index (χ1v) is 26.7. The Kier molecular flexibility index (Phi) is 14.6. The van der Waals surface area contributed by atoms with E-state index in [4.69, 9.17) is 0 Å². The van der Waals surface area contributed by atoms with Crippen molar-refractivity contribution in [1.82, 2.24) is 0 Å². The fourth-order valence-corrected chi connectivity index (χ4v) is 11.3. The molecule has 1 aliphatic rings. The van der Waals surface area contributed by atoms with Gasteiger partial charge >= 0.3 is 0 Å². The third-order valence-electron chi connectivity index (χ3n) is 15.8. The van der Waals surface area contributed by atoms with Crippen LogP contribution in [0.2, 0.25) is 0 Å². The van der Waals surface area contributed by atoms with Crippen molar-refractivity contribution in [3.63, 3.8) is 0 Å². The zero-order valence-corrected chi connectivity index (χ0v) is 43.9. The second-order valence-corrected chi connectivity index (χ2v) is 21.0. The maximum absolute atomic E-state index is 11.7. The maximum Gasteiger partial charge on any atom is 0.122 e. The predicted molar refractivity (Wildman–Crippen MR) is 309 cm³/mol. The quantitative estimate of drug-likeness (QED) is 0.0696. The van der Waals surface area contributed by atoms with Gasteiger partial charge in [-0.2, -0.15) is 0 Å². The molecular formula is C70H60O10. The zero-order chi connectivity index (χ0) is 55.6. The molecule has 0 unspecified atom stereocenters. The van der Waals surface area contributed by atoms with Crippen molar-refractivity contribution in [2.75, 3.05) is 0 Å². The van der Waals surface area contributed by atoms with Crippen LogP contribution in [0.5, 0.6) is 57.5 Å². The van der Waals surface area contributed by atoms with Gasteiger partial charge in [-0.15, -0.1) is 0 Å². The number of aromatic hydroxyl groups is 10. The molecule has 0 atom stereocenters. The summed E-state index contributed by atoms with van der Waals surface area (Å²) in [6.45, 7) is 0. The second kappa shape index (κ2) is 22.3. The van der Waals surface area contributed by atoms with Crippen molar-refractivity contribution in [3.05, 3.63) is 293 Å². The molecule has 10 heteroatoms. The van der Waals surface area contributed by atoms with E-state index >= 15 is 0 Å². The Balaban J connectivity index is 0.941. The van der Waals surface area contributed by atoms with Crippen LogP contribution in [0.15, 0.2) is 182 Å². The molecule has 11 rings (SSSR count). The van der Waals surface area contributed by atoms with Crippen LogP contribution in [-0.4, -0.2) is 51.1 Å². The van der Waals surface area contributed by atoms with Crippen molar-refractivity contribution in [1.29, 1.82) is 0 Å². The highest BCUT2D eigenvalue weighted by molar-refractivity contribution is 5.58. The molecule has 0 aromatic heterocycles. The maximum atomic E-state index is 11.7. The van der Waals surface area contributed by atoms with E-state index in [9.17, 15) is 51.1 Å². The van der Waals surface area contributed by atoms with Gasteiger partial charge < -0.3 is 51.1 Å². The van der Waals surface area contributed by atoms with Crippen molar-refractivity contribution in [2.24, 2.45) is 0 Å². The van der Waals surface area contributed by atoms with Crippen molar-refractivity contribution >= 4 is 0 Å². The molecule has 20 bridgehead atoms. The van der Waals surface area contributed by atoms with Gasteiger partial charge in [-0.3, -0.25) is 0 Å². The summed E-state index contributed by atoms with van der Waals surface area (Å²) in [5.41, 5.74) is 11.4. The summed E-state index contributed by atoms with van der Waals surface area (Å²) < 4.78 is 0. The van der Waals surface area contributed by atoms with Crippen LogP contribution in [0.4, 0.5) is 0 Å². The second-order valence-electron chi connectivity index (χ2n) is 21.0. The summed E-state index contributed by atoms with van der Waals surface area (Å²) in [7, 11) is 0. The Labute approximate surface area is 464 Å². The van der Waals surface area contributed by atoms with Gasteiger partial charge in [0.15, 0.2) is 0 Å². The van der Waals surface area contributed by atoms with Crippen LogP contribution in [0.1, 0.15) is 111 Å². The molecule has 0 saturated carbocycles. The van der Waals surface area contributed by atoms with Crippen LogP contribution < -0.4 is 0 Å². The molecular weight excluding hydrogens is 1000 g/mol. The molecule has 0 amide bonds. The van der Waals surface area contributed by atoms with Crippen LogP contribution in [0.3, 0.4) is 0 Å². The lowest BCUT2D eigenvalue weighted by atomic mass is 9.91. The van der Waals surface area contributed by atoms with Gasteiger partial charge in [-0.05, 0) is 111 Å². The summed E-state index contributed by atoms with van der Waals surface area (Å²) in [6.07, 6.45) is 1.96. The molecule has 0 fully saturated rings. The molecule has 400 valence electrons. The Morgan fingerprint density at radius 1 is 0.125 bits per heavy atom. The normalized spacial score (nSPS) is 13.0. The topological polar surface area (TPSA) is 202 Å². The van der Waals surface area contributed by atoms with Gasteiger partial charge in [0.25, 0.3) is 0 Å². The minimum Gasteiger partial charge on any atom is -0.507 e. The molecule has 10 aromatic rings. The number of phenolic OH excluding ortho intramolecular Hbond substituents is 10. The lowest BCUT2D eigenvalue weighted by molar-refractivity contribution is 0.452. The number of rotatable bonds is 0. The van der Waals surface area contributed by atoms with E-state index in [1.165, 1.54) is 0 Å². The summed E-state index contributed by atoms with van der Waals surface area (Å²) in [5.74, 6) is 0.322. The lowest BCUT2D eigenvalue weighted by Crippen LogP contribution is -2.00. The fraction of sp³-hybridized carbons (Fsp3) is 0.143. The monoisotopic (exact) mass is 1060 g/mol. The summed E-state index contributed by atoms with van der Waals surface area (Å²) in [5, 5.41) is 117. The first kappa shape index (κ1) is 52.3. The standard InChI is InChI=1S/C70H60O10/c71-61-41-11-1-12-42(61)32-44-14-3-16-46(63(44)73)34-48-18-5-20-50(65(48)75)36-52-22-7-24-54(67(52)77)38-56-26-9-28-58(69(56)79)40-60-30-10-29-59(70(60)80)39-57-27-8-25-55(68(57)78)37-53-23-6-21-51(66(53)76)35-49-19-4-17-47(64(49)74)33-45-15-2-13-43(31-41)62(45)72/h1-30,71-80H,31-40H2. The van der Waals surface area contributed by atoms with Gasteiger partial charge in [0.05, 0.1) is 0 Å². The number of fused-ring (bicyclic) bond motifs is 20. The first-order valence-electron chi connectivity index (χ1n) is 26.7. The van der Waals surface area contributed by atoms with E-state index < -0.39 is 0 Å². The molecule has 10 nitrogen and oxygen atoms in total. The Hall–Kier alpha value is -9.80. The number of hydrogen-bond donors (Lipinski definition) is 10. The van der Waals surface area contributed by atoms with Gasteiger partial charge in [-0.1, -0.05) is 182 Å². The van der Waals surface area contributed by atoms with E-state index in [0.717, 1.165) is 0 Å². The number of phenols is 10. The van der Waals surface area contributed by atoms with Crippen molar-refractivity contribution in [2.45, 2.75) is 64.2 Å². The van der Waals surface area contributed by atoms with Gasteiger partial charge in [0.1, 0.15) is 57.5 Å². The number of para-hydroxylation sites is 10. The lowest BCUT2D eigenvalue weighted by Gasteiger charge is -2.16. The number of hydrogen-bond acceptors (Lipinski definition) is 10. The highest BCUT2D eigenvalue weighted by atomic mass is 16.3. The summed E-state index contributed by atoms with van der Waals surface area (Å²) in [6, 6.07) is 54.2. The fourth-order valence-electron chi connectivity index (χ4n) is 11.3. The predicted octanol–water partition coefficient (Wildman–Crippen LogP) is 13.0. The largest absolute Gasteiger partial charge is 0.507 e. The molecule has 0 radical (unpaired) electrons. The molecule has 0 saturated heterocycles. The van der Waals surface area contributed by atoms with E-state index in [1.807, 2.05) is 60.7 Å². The molecule has 80 heavy (non-hydrogen) atoms. The highest BCUT2D eigenvalue weighted by Gasteiger charge is 2.22. The average Bonchev–Trinajstić information content (AvgIpc) is 3.44. The average molecular weight is 1060 g/mol. The molecule has 10 aromatic carbocycles. The molecule has 1 aliphatic carbocycles. The highest BCUT2D eigenvalue weighted by Crippen LogP contribution is 2.41. The Morgan fingerprint density at radius 3 is 0.250 bits per heavy atom. The van der Waals surface area contributed by atoms with Crippen molar-refractivity contribution < 1.29 is 51.1 Å².